The van der Waals surface area contributed by atoms with Crippen LogP contribution < -0.4 is 0 Å². The molecule has 0 aromatic carbocycles. The van der Waals surface area contributed by atoms with Crippen LogP contribution in [0.1, 0.15) is 344 Å². The lowest BCUT2D eigenvalue weighted by Gasteiger charge is -2.21. The fraction of sp³-hybridized carbons (Fsp3) is 0.943. The predicted octanol–water partition coefficient (Wildman–Crippen LogP) is 19.7. The van der Waals surface area contributed by atoms with Gasteiger partial charge in [0.05, 0.1) is 26.4 Å². The molecule has 0 heterocycles. The maximum atomic E-state index is 13.0. The standard InChI is InChI=1S/C70H136O17P2/c1-9-63(8)49-41-33-28-29-37-45-53-70(75)87-66(57-80-67(72)50-42-34-25-17-15-13-11-10-12-14-16-22-30-38-46-60(2)3)59-85-89(78,79)83-55-64(71)54-82-88(76,77)84-58-65(86-69(74)52-44-36-27-21-19-24-32-40-48-62(6)7)56-81-68(73)51-43-35-26-20-18-23-31-39-47-61(4)5/h60-66,71H,9-59H2,1-8H3,(H,76,77)(H,78,79)/t63?,64?,65-,66-/m1/s1. The third kappa shape index (κ3) is 63.2. The van der Waals surface area contributed by atoms with Crippen molar-refractivity contribution in [3.05, 3.63) is 0 Å². The summed E-state index contributed by atoms with van der Waals surface area (Å²) in [6, 6.07) is 0. The first-order chi connectivity index (χ1) is 42.6. The number of phosphoric acid groups is 2. The van der Waals surface area contributed by atoms with Crippen molar-refractivity contribution in [1.82, 2.24) is 0 Å². The molecule has 0 aliphatic rings. The van der Waals surface area contributed by atoms with Crippen molar-refractivity contribution in [3.8, 4) is 0 Å². The van der Waals surface area contributed by atoms with Crippen LogP contribution in [0.3, 0.4) is 0 Å². The summed E-state index contributed by atoms with van der Waals surface area (Å²) in [5.74, 6) is 0.830. The third-order valence-corrected chi connectivity index (χ3v) is 18.3. The van der Waals surface area contributed by atoms with E-state index < -0.39 is 97.5 Å². The molecule has 0 saturated heterocycles. The molecule has 0 radical (unpaired) electrons. The number of carbonyl (C=O) groups is 4. The molecule has 0 fully saturated rings. The maximum absolute atomic E-state index is 13.0. The van der Waals surface area contributed by atoms with E-state index in [-0.39, 0.29) is 25.7 Å². The predicted molar refractivity (Wildman–Crippen MR) is 358 cm³/mol. The molecule has 0 bridgehead atoms. The van der Waals surface area contributed by atoms with Gasteiger partial charge in [0.2, 0.25) is 0 Å². The molecule has 0 aromatic heterocycles. The summed E-state index contributed by atoms with van der Waals surface area (Å²) < 4.78 is 68.2. The van der Waals surface area contributed by atoms with Crippen LogP contribution in [0.2, 0.25) is 0 Å². The molecule has 0 aliphatic heterocycles. The number of aliphatic hydroxyl groups excluding tert-OH is 1. The van der Waals surface area contributed by atoms with Crippen LogP contribution >= 0.6 is 15.6 Å². The zero-order valence-corrected chi connectivity index (χ0v) is 59.8. The van der Waals surface area contributed by atoms with Gasteiger partial charge in [-0.3, -0.25) is 37.3 Å². The number of phosphoric ester groups is 2. The summed E-state index contributed by atoms with van der Waals surface area (Å²) in [5, 5.41) is 10.6. The molecule has 0 saturated carbocycles. The number of unbranched alkanes of at least 4 members (excludes halogenated alkanes) is 32. The van der Waals surface area contributed by atoms with Gasteiger partial charge in [0.15, 0.2) is 12.2 Å². The molecule has 0 aliphatic carbocycles. The van der Waals surface area contributed by atoms with Gasteiger partial charge < -0.3 is 33.8 Å². The summed E-state index contributed by atoms with van der Waals surface area (Å²) >= 11 is 0. The molecule has 6 atom stereocenters. The van der Waals surface area contributed by atoms with E-state index in [1.54, 1.807) is 0 Å². The highest BCUT2D eigenvalue weighted by molar-refractivity contribution is 7.47. The topological polar surface area (TPSA) is 237 Å². The zero-order chi connectivity index (χ0) is 66.1. The highest BCUT2D eigenvalue weighted by atomic mass is 31.2. The van der Waals surface area contributed by atoms with Crippen LogP contribution in [0.5, 0.6) is 0 Å². The van der Waals surface area contributed by atoms with Crippen molar-refractivity contribution in [3.63, 3.8) is 0 Å². The van der Waals surface area contributed by atoms with Gasteiger partial charge in [-0.05, 0) is 49.4 Å². The first-order valence-electron chi connectivity index (χ1n) is 36.2. The fourth-order valence-electron chi connectivity index (χ4n) is 10.5. The minimum absolute atomic E-state index is 0.103. The van der Waals surface area contributed by atoms with Crippen LogP contribution in [-0.2, 0) is 65.4 Å². The van der Waals surface area contributed by atoms with E-state index in [4.69, 9.17) is 37.0 Å². The number of aliphatic hydroxyl groups is 1. The SMILES string of the molecule is CCC(C)CCCCCCCCC(=O)O[C@H](COC(=O)CCCCCCCCCCCCCCCCC(C)C)COP(=O)(O)OCC(O)COP(=O)(O)OC[C@@H](COC(=O)CCCCCCCCCCC(C)C)OC(=O)CCCCCCCCCCC(C)C. The number of ether oxygens (including phenoxy) is 4. The van der Waals surface area contributed by atoms with Gasteiger partial charge in [0.25, 0.3) is 0 Å². The van der Waals surface area contributed by atoms with E-state index in [9.17, 15) is 43.2 Å². The first-order valence-corrected chi connectivity index (χ1v) is 39.2. The minimum atomic E-state index is -4.95. The third-order valence-electron chi connectivity index (χ3n) is 16.4. The number of esters is 4. The van der Waals surface area contributed by atoms with Gasteiger partial charge in [-0.15, -0.1) is 0 Å². The molecule has 17 nitrogen and oxygen atoms in total. The lowest BCUT2D eigenvalue weighted by Crippen LogP contribution is -2.30. The van der Waals surface area contributed by atoms with Crippen LogP contribution in [0.25, 0.3) is 0 Å². The molecule has 0 aromatic rings. The molecule has 89 heavy (non-hydrogen) atoms. The Morgan fingerprint density at radius 3 is 0.798 bits per heavy atom. The molecular formula is C70H136O17P2. The molecule has 0 spiro atoms. The fourth-order valence-corrected chi connectivity index (χ4v) is 12.0. The van der Waals surface area contributed by atoms with E-state index >= 15 is 0 Å². The highest BCUT2D eigenvalue weighted by Crippen LogP contribution is 2.45. The summed E-state index contributed by atoms with van der Waals surface area (Å²) in [4.78, 5) is 72.5. The monoisotopic (exact) mass is 1310 g/mol. The van der Waals surface area contributed by atoms with Crippen molar-refractivity contribution in [2.75, 3.05) is 39.6 Å². The molecule has 528 valence electrons. The molecule has 0 amide bonds. The van der Waals surface area contributed by atoms with Crippen molar-refractivity contribution in [1.29, 1.82) is 0 Å². The molecular weight excluding hydrogens is 1170 g/mol. The van der Waals surface area contributed by atoms with Crippen molar-refractivity contribution < 1.29 is 80.2 Å². The molecule has 3 N–H and O–H groups in total. The summed E-state index contributed by atoms with van der Waals surface area (Å²) in [6.45, 7) is 14.0. The largest absolute Gasteiger partial charge is 0.472 e. The number of carbonyl (C=O) groups excluding carboxylic acids is 4. The molecule has 4 unspecified atom stereocenters. The number of hydrogen-bond donors (Lipinski definition) is 3. The molecule has 19 heteroatoms. The van der Waals surface area contributed by atoms with Crippen LogP contribution in [0.15, 0.2) is 0 Å². The normalized spacial score (nSPS) is 14.6. The van der Waals surface area contributed by atoms with Gasteiger partial charge >= 0.3 is 39.5 Å². The second-order valence-corrected chi connectivity index (χ2v) is 29.8. The summed E-state index contributed by atoms with van der Waals surface area (Å²) in [6.07, 6.45) is 41.8. The van der Waals surface area contributed by atoms with Gasteiger partial charge in [-0.25, -0.2) is 9.13 Å². The Balaban J connectivity index is 5.21. The maximum Gasteiger partial charge on any atom is 0.472 e. The Labute approximate surface area is 543 Å². The highest BCUT2D eigenvalue weighted by Gasteiger charge is 2.30. The second kappa shape index (κ2) is 59.8. The van der Waals surface area contributed by atoms with Gasteiger partial charge in [-0.1, -0.05) is 293 Å². The number of rotatable bonds is 67. The molecule has 0 rings (SSSR count). The second-order valence-electron chi connectivity index (χ2n) is 26.9. The lowest BCUT2D eigenvalue weighted by molar-refractivity contribution is -0.161. The van der Waals surface area contributed by atoms with E-state index in [1.165, 1.54) is 148 Å². The van der Waals surface area contributed by atoms with Gasteiger partial charge in [0.1, 0.15) is 19.3 Å². The van der Waals surface area contributed by atoms with E-state index in [2.05, 4.69) is 55.4 Å². The average molecular weight is 1310 g/mol. The Morgan fingerprint density at radius 1 is 0.315 bits per heavy atom. The van der Waals surface area contributed by atoms with Crippen LogP contribution in [-0.4, -0.2) is 96.7 Å². The van der Waals surface area contributed by atoms with E-state index in [0.29, 0.717) is 25.7 Å². The summed E-state index contributed by atoms with van der Waals surface area (Å²) in [7, 11) is -9.90. The summed E-state index contributed by atoms with van der Waals surface area (Å²) in [5.41, 5.74) is 0. The number of hydrogen-bond acceptors (Lipinski definition) is 15. The Morgan fingerprint density at radius 2 is 0.539 bits per heavy atom. The van der Waals surface area contributed by atoms with Crippen molar-refractivity contribution >= 4 is 39.5 Å². The first kappa shape index (κ1) is 87.1. The van der Waals surface area contributed by atoms with Gasteiger partial charge in [0, 0.05) is 25.7 Å². The Bertz CT molecular complexity index is 1770. The quantitative estimate of drug-likeness (QED) is 0.0222. The van der Waals surface area contributed by atoms with Crippen LogP contribution in [0, 0.1) is 23.7 Å². The van der Waals surface area contributed by atoms with Crippen molar-refractivity contribution in [2.45, 2.75) is 363 Å². The minimum Gasteiger partial charge on any atom is -0.462 e. The smallest absolute Gasteiger partial charge is 0.462 e. The van der Waals surface area contributed by atoms with Crippen LogP contribution in [0.4, 0.5) is 0 Å². The Hall–Kier alpha value is -1.94. The van der Waals surface area contributed by atoms with E-state index in [1.807, 2.05) is 0 Å². The lowest BCUT2D eigenvalue weighted by atomic mass is 10.00. The van der Waals surface area contributed by atoms with Gasteiger partial charge in [-0.2, -0.15) is 0 Å². The van der Waals surface area contributed by atoms with E-state index in [0.717, 1.165) is 114 Å². The van der Waals surface area contributed by atoms with Crippen molar-refractivity contribution in [2.24, 2.45) is 23.7 Å². The average Bonchev–Trinajstić information content (AvgIpc) is 3.70. The Kier molecular flexibility index (Phi) is 58.5. The zero-order valence-electron chi connectivity index (χ0n) is 58.1.